The van der Waals surface area contributed by atoms with Crippen LogP contribution in [0.1, 0.15) is 24.5 Å². The van der Waals surface area contributed by atoms with Crippen LogP contribution < -0.4 is 14.4 Å². The predicted molar refractivity (Wildman–Crippen MR) is 93.3 cm³/mol. The Morgan fingerprint density at radius 3 is 2.92 bits per heavy atom. The van der Waals surface area contributed by atoms with E-state index >= 15 is 0 Å². The topological polar surface area (TPSA) is 38.8 Å². The largest absolute Gasteiger partial charge is 0.454 e. The van der Waals surface area contributed by atoms with Crippen molar-refractivity contribution in [3.63, 3.8) is 0 Å². The van der Waals surface area contributed by atoms with Gasteiger partial charge in [-0.1, -0.05) is 6.07 Å². The van der Waals surface area contributed by atoms with Gasteiger partial charge in [-0.15, -0.1) is 0 Å². The lowest BCUT2D eigenvalue weighted by molar-refractivity contribution is -0.114. The number of nitrogens with zero attached hydrogens (tertiary/aromatic N) is 1. The quantitative estimate of drug-likeness (QED) is 0.778. The molecule has 0 fully saturated rings. The Bertz CT molecular complexity index is 862. The lowest BCUT2D eigenvalue weighted by Crippen LogP contribution is -2.41. The van der Waals surface area contributed by atoms with Crippen molar-refractivity contribution in [2.45, 2.75) is 25.8 Å². The maximum Gasteiger partial charge on any atom is 0.251 e. The highest BCUT2D eigenvalue weighted by Crippen LogP contribution is 2.33. The Balaban J connectivity index is 1.58. The molecule has 1 unspecified atom stereocenters. The van der Waals surface area contributed by atoms with Gasteiger partial charge in [-0.2, -0.15) is 0 Å². The van der Waals surface area contributed by atoms with E-state index in [0.717, 1.165) is 29.7 Å². The zero-order chi connectivity index (χ0) is 17.4. The molecule has 0 saturated carbocycles. The summed E-state index contributed by atoms with van der Waals surface area (Å²) in [6.07, 6.45) is 4.91. The zero-order valence-corrected chi connectivity index (χ0v) is 13.9. The number of anilines is 1. The average Bonchev–Trinajstić information content (AvgIpc) is 3.07. The van der Waals surface area contributed by atoms with Gasteiger partial charge in [0.25, 0.3) is 5.91 Å². The molecule has 0 radical (unpaired) electrons. The van der Waals surface area contributed by atoms with Gasteiger partial charge in [-0.3, -0.25) is 4.79 Å². The predicted octanol–water partition coefficient (Wildman–Crippen LogP) is 3.94. The smallest absolute Gasteiger partial charge is 0.251 e. The van der Waals surface area contributed by atoms with Gasteiger partial charge in [-0.25, -0.2) is 4.39 Å². The summed E-state index contributed by atoms with van der Waals surface area (Å²) >= 11 is 0. The SMILES string of the molecule is CC1CCc2cc(F)ccc2N1C(=O)/C=C/c1ccc2c(c1)OCO2. The first-order chi connectivity index (χ1) is 12.1. The Labute approximate surface area is 145 Å². The molecule has 0 aromatic heterocycles. The maximum atomic E-state index is 13.5. The van der Waals surface area contributed by atoms with Crippen LogP contribution in [-0.4, -0.2) is 18.7 Å². The summed E-state index contributed by atoms with van der Waals surface area (Å²) in [5.74, 6) is 1.01. The maximum absolute atomic E-state index is 13.5. The van der Waals surface area contributed by atoms with Gasteiger partial charge < -0.3 is 14.4 Å². The molecule has 0 saturated heterocycles. The van der Waals surface area contributed by atoms with E-state index in [1.807, 2.05) is 25.1 Å². The molecule has 25 heavy (non-hydrogen) atoms. The molecule has 0 aliphatic carbocycles. The molecule has 0 bridgehead atoms. The second-order valence-corrected chi connectivity index (χ2v) is 6.32. The molecule has 5 heteroatoms. The monoisotopic (exact) mass is 339 g/mol. The standard InChI is InChI=1S/C20H18FNO3/c1-13-2-5-15-11-16(21)6-7-17(15)22(13)20(23)9-4-14-3-8-18-19(10-14)25-12-24-18/h3-4,6-11,13H,2,5,12H2,1H3/b9-4+. The van der Waals surface area contributed by atoms with E-state index in [2.05, 4.69) is 0 Å². The minimum Gasteiger partial charge on any atom is -0.454 e. The molecule has 2 aliphatic heterocycles. The first kappa shape index (κ1) is 15.7. The third-order valence-electron chi connectivity index (χ3n) is 4.63. The van der Waals surface area contributed by atoms with E-state index in [0.29, 0.717) is 11.5 Å². The van der Waals surface area contributed by atoms with Gasteiger partial charge in [0, 0.05) is 17.8 Å². The van der Waals surface area contributed by atoms with Gasteiger partial charge in [0.15, 0.2) is 11.5 Å². The number of hydrogen-bond donors (Lipinski definition) is 0. The van der Waals surface area contributed by atoms with E-state index in [1.54, 1.807) is 23.1 Å². The molecular weight excluding hydrogens is 321 g/mol. The summed E-state index contributed by atoms with van der Waals surface area (Å²) in [6.45, 7) is 2.23. The summed E-state index contributed by atoms with van der Waals surface area (Å²) < 4.78 is 24.1. The summed E-state index contributed by atoms with van der Waals surface area (Å²) in [6, 6.07) is 10.2. The summed E-state index contributed by atoms with van der Waals surface area (Å²) in [5.41, 5.74) is 2.53. The van der Waals surface area contributed by atoms with Gasteiger partial charge in [0.1, 0.15) is 5.82 Å². The molecule has 1 atom stereocenters. The van der Waals surface area contributed by atoms with Gasteiger partial charge in [0.2, 0.25) is 6.79 Å². The molecule has 2 aromatic rings. The molecule has 2 aromatic carbocycles. The number of hydrogen-bond acceptors (Lipinski definition) is 3. The zero-order valence-electron chi connectivity index (χ0n) is 13.9. The minimum atomic E-state index is -0.267. The molecule has 4 rings (SSSR count). The van der Waals surface area contributed by atoms with Crippen molar-refractivity contribution in [1.29, 1.82) is 0 Å². The van der Waals surface area contributed by atoms with E-state index in [-0.39, 0.29) is 24.6 Å². The van der Waals surface area contributed by atoms with Crippen LogP contribution in [0.2, 0.25) is 0 Å². The minimum absolute atomic E-state index is 0.0758. The van der Waals surface area contributed by atoms with E-state index < -0.39 is 0 Å². The molecule has 1 amide bonds. The van der Waals surface area contributed by atoms with E-state index in [1.165, 1.54) is 12.1 Å². The van der Waals surface area contributed by atoms with Crippen LogP contribution >= 0.6 is 0 Å². The van der Waals surface area contributed by atoms with Crippen molar-refractivity contribution in [3.8, 4) is 11.5 Å². The highest BCUT2D eigenvalue weighted by molar-refractivity contribution is 6.05. The van der Waals surface area contributed by atoms with Crippen molar-refractivity contribution < 1.29 is 18.7 Å². The fourth-order valence-electron chi connectivity index (χ4n) is 3.32. The third kappa shape index (κ3) is 2.97. The third-order valence-corrected chi connectivity index (χ3v) is 4.63. The second-order valence-electron chi connectivity index (χ2n) is 6.32. The lowest BCUT2D eigenvalue weighted by atomic mass is 9.96. The second kappa shape index (κ2) is 6.24. The number of halogens is 1. The van der Waals surface area contributed by atoms with Gasteiger partial charge in [0.05, 0.1) is 0 Å². The van der Waals surface area contributed by atoms with Crippen LogP contribution in [0.3, 0.4) is 0 Å². The fraction of sp³-hybridized carbons (Fsp3) is 0.250. The van der Waals surface area contributed by atoms with Crippen molar-refractivity contribution in [1.82, 2.24) is 0 Å². The van der Waals surface area contributed by atoms with Gasteiger partial charge in [-0.05, 0) is 67.3 Å². The first-order valence-corrected chi connectivity index (χ1v) is 8.31. The van der Waals surface area contributed by atoms with Crippen LogP contribution in [0, 0.1) is 5.82 Å². The summed E-state index contributed by atoms with van der Waals surface area (Å²) in [4.78, 5) is 14.5. The van der Waals surface area contributed by atoms with E-state index in [4.69, 9.17) is 9.47 Å². The normalized spacial score (nSPS) is 18.5. The number of ether oxygens (including phenoxy) is 2. The van der Waals surface area contributed by atoms with Crippen LogP contribution in [0.4, 0.5) is 10.1 Å². The Kier molecular flexibility index (Phi) is 3.92. The number of rotatable bonds is 2. The van der Waals surface area contributed by atoms with Crippen molar-refractivity contribution in [3.05, 3.63) is 59.4 Å². The number of aryl methyl sites for hydroxylation is 1. The van der Waals surface area contributed by atoms with Crippen molar-refractivity contribution >= 4 is 17.7 Å². The molecule has 2 aliphatic rings. The van der Waals surface area contributed by atoms with E-state index in [9.17, 15) is 9.18 Å². The Morgan fingerprint density at radius 2 is 2.04 bits per heavy atom. The van der Waals surface area contributed by atoms with Crippen LogP contribution in [-0.2, 0) is 11.2 Å². The van der Waals surface area contributed by atoms with Crippen molar-refractivity contribution in [2.24, 2.45) is 0 Å². The lowest BCUT2D eigenvalue weighted by Gasteiger charge is -2.34. The number of benzene rings is 2. The van der Waals surface area contributed by atoms with Crippen LogP contribution in [0.15, 0.2) is 42.5 Å². The highest BCUT2D eigenvalue weighted by Gasteiger charge is 2.27. The first-order valence-electron chi connectivity index (χ1n) is 8.31. The molecular formula is C20H18FNO3. The van der Waals surface area contributed by atoms with Crippen LogP contribution in [0.25, 0.3) is 6.08 Å². The Morgan fingerprint density at radius 1 is 1.20 bits per heavy atom. The summed E-state index contributed by atoms with van der Waals surface area (Å²) in [7, 11) is 0. The fourth-order valence-corrected chi connectivity index (χ4v) is 3.32. The molecule has 128 valence electrons. The number of carbonyl (C=O) groups excluding carboxylic acids is 1. The molecule has 0 spiro atoms. The average molecular weight is 339 g/mol. The molecule has 2 heterocycles. The molecule has 0 N–H and O–H groups in total. The molecule has 4 nitrogen and oxygen atoms in total. The van der Waals surface area contributed by atoms with Gasteiger partial charge >= 0.3 is 0 Å². The number of fused-ring (bicyclic) bond motifs is 2. The highest BCUT2D eigenvalue weighted by atomic mass is 19.1. The van der Waals surface area contributed by atoms with Crippen molar-refractivity contribution in [2.75, 3.05) is 11.7 Å². The number of carbonyl (C=O) groups is 1. The summed E-state index contributed by atoms with van der Waals surface area (Å²) in [5, 5.41) is 0. The Hall–Kier alpha value is -2.82. The van der Waals surface area contributed by atoms with Crippen LogP contribution in [0.5, 0.6) is 11.5 Å². The number of amides is 1.